The van der Waals surface area contributed by atoms with Crippen LogP contribution in [0.4, 0.5) is 0 Å². The second-order valence-corrected chi connectivity index (χ2v) is 8.73. The van der Waals surface area contributed by atoms with Gasteiger partial charge in [0.25, 0.3) is 0 Å². The smallest absolute Gasteiger partial charge is 0.237 e. The molecular formula is C18H34N2O6S. The van der Waals surface area contributed by atoms with Crippen molar-refractivity contribution in [3.05, 3.63) is 0 Å². The number of carbonyl (C=O) groups excluding carboxylic acids is 1. The molecule has 0 aliphatic carbocycles. The molecule has 9 atom stereocenters. The molecular weight excluding hydrogens is 374 g/mol. The van der Waals surface area contributed by atoms with Gasteiger partial charge in [-0.3, -0.25) is 9.69 Å². The van der Waals surface area contributed by atoms with Gasteiger partial charge < -0.3 is 30.5 Å². The number of hydrogen-bond acceptors (Lipinski definition) is 8. The van der Waals surface area contributed by atoms with Gasteiger partial charge in [-0.15, -0.1) is 11.8 Å². The zero-order chi connectivity index (χ0) is 20.3. The van der Waals surface area contributed by atoms with Crippen molar-refractivity contribution in [3.63, 3.8) is 0 Å². The molecule has 0 aromatic carbocycles. The van der Waals surface area contributed by atoms with E-state index in [2.05, 4.69) is 12.2 Å². The van der Waals surface area contributed by atoms with Crippen LogP contribution in [0.1, 0.15) is 33.1 Å². The summed E-state index contributed by atoms with van der Waals surface area (Å²) in [5.41, 5.74) is -0.755. The predicted octanol–water partition coefficient (Wildman–Crippen LogP) is -0.857. The molecule has 27 heavy (non-hydrogen) atoms. The minimum Gasteiger partial charge on any atom is -0.391 e. The van der Waals surface area contributed by atoms with Crippen LogP contribution in [0.5, 0.6) is 0 Å². The monoisotopic (exact) mass is 408 g/mol. The normalized spacial score (nSPS) is 39.9. The number of carbonyl (C=O) groups is 1. The van der Waals surface area contributed by atoms with Crippen LogP contribution in [0, 0.1) is 5.92 Å². The molecule has 2 rings (SSSR count). The maximum atomic E-state index is 12.8. The summed E-state index contributed by atoms with van der Waals surface area (Å²) in [6.45, 7) is 4.48. The van der Waals surface area contributed by atoms with E-state index in [9.17, 15) is 25.2 Å². The van der Waals surface area contributed by atoms with Crippen LogP contribution in [0.3, 0.4) is 0 Å². The molecule has 0 radical (unpaired) electrons. The number of aliphatic hydroxyl groups is 4. The van der Waals surface area contributed by atoms with Crippen LogP contribution in [0.15, 0.2) is 0 Å². The summed E-state index contributed by atoms with van der Waals surface area (Å²) in [6, 6.07) is -1.20. The van der Waals surface area contributed by atoms with E-state index in [-0.39, 0.29) is 11.9 Å². The first-order chi connectivity index (χ1) is 12.7. The molecule has 8 nitrogen and oxygen atoms in total. The fourth-order valence-corrected chi connectivity index (χ4v) is 4.81. The second-order valence-electron chi connectivity index (χ2n) is 7.80. The molecule has 1 amide bonds. The quantitative estimate of drug-likeness (QED) is 0.369. The van der Waals surface area contributed by atoms with Gasteiger partial charge in [-0.1, -0.05) is 13.3 Å². The molecule has 2 aliphatic rings. The van der Waals surface area contributed by atoms with E-state index < -0.39 is 42.0 Å². The number of amides is 1. The summed E-state index contributed by atoms with van der Waals surface area (Å²) >= 11 is 1.20. The Bertz CT molecular complexity index is 494. The molecule has 0 aromatic heterocycles. The van der Waals surface area contributed by atoms with Crippen LogP contribution in [0.2, 0.25) is 0 Å². The van der Waals surface area contributed by atoms with Gasteiger partial charge in [0, 0.05) is 6.54 Å². The second kappa shape index (κ2) is 9.87. The highest BCUT2D eigenvalue weighted by atomic mass is 32.2. The van der Waals surface area contributed by atoms with E-state index in [0.717, 1.165) is 25.8 Å². The lowest BCUT2D eigenvalue weighted by atomic mass is 9.92. The summed E-state index contributed by atoms with van der Waals surface area (Å²) in [7, 11) is 1.91. The topological polar surface area (TPSA) is 122 Å². The summed E-state index contributed by atoms with van der Waals surface area (Å²) in [4.78, 5) is 14.9. The first-order valence-electron chi connectivity index (χ1n) is 9.62. The predicted molar refractivity (Wildman–Crippen MR) is 103 cm³/mol. The van der Waals surface area contributed by atoms with Crippen molar-refractivity contribution in [1.82, 2.24) is 10.2 Å². The van der Waals surface area contributed by atoms with Gasteiger partial charge in [0.05, 0.1) is 18.2 Å². The van der Waals surface area contributed by atoms with E-state index in [0.29, 0.717) is 5.92 Å². The van der Waals surface area contributed by atoms with Crippen molar-refractivity contribution in [1.29, 1.82) is 0 Å². The van der Waals surface area contributed by atoms with Gasteiger partial charge in [0.15, 0.2) is 0 Å². The molecule has 0 unspecified atom stereocenters. The highest BCUT2D eigenvalue weighted by Gasteiger charge is 2.48. The van der Waals surface area contributed by atoms with E-state index in [1.165, 1.54) is 18.7 Å². The Morgan fingerprint density at radius 3 is 2.56 bits per heavy atom. The number of nitrogens with one attached hydrogen (secondary N) is 1. The molecule has 2 aliphatic heterocycles. The highest BCUT2D eigenvalue weighted by Crippen LogP contribution is 2.30. The Hall–Kier alpha value is -0.420. The maximum Gasteiger partial charge on any atom is 0.237 e. The summed E-state index contributed by atoms with van der Waals surface area (Å²) in [5, 5.41) is 43.5. The SMILES string of the molecule is CCC[C@@H]1C[C@@H](C(=O)N[C@@H]([C@H]2O[C@H](SC)[C@H](O)[C@@H](O)[C@H]2O)[C@@H](C)O)N([14CH3])C1. The molecule has 0 aromatic rings. The minimum absolute atomic E-state index is 0.223. The van der Waals surface area contributed by atoms with Crippen LogP contribution in [0.25, 0.3) is 0 Å². The lowest BCUT2D eigenvalue weighted by Gasteiger charge is -2.44. The first kappa shape index (κ1) is 22.9. The third kappa shape index (κ3) is 5.14. The largest absolute Gasteiger partial charge is 0.391 e. The van der Waals surface area contributed by atoms with Crippen molar-refractivity contribution in [2.24, 2.45) is 5.92 Å². The molecule has 158 valence electrons. The molecule has 0 spiro atoms. The number of aliphatic hydroxyl groups excluding tert-OH is 4. The van der Waals surface area contributed by atoms with Crippen molar-refractivity contribution in [2.45, 2.75) is 81.1 Å². The van der Waals surface area contributed by atoms with Gasteiger partial charge in [-0.25, -0.2) is 0 Å². The number of likely N-dealkylation sites (N-methyl/N-ethyl adjacent to an activating group) is 1. The van der Waals surface area contributed by atoms with E-state index in [1.807, 2.05) is 11.9 Å². The Morgan fingerprint density at radius 1 is 1.33 bits per heavy atom. The molecule has 2 fully saturated rings. The molecule has 2 heterocycles. The van der Waals surface area contributed by atoms with Gasteiger partial charge in [0.1, 0.15) is 29.9 Å². The van der Waals surface area contributed by atoms with Crippen molar-refractivity contribution in [3.8, 4) is 0 Å². The van der Waals surface area contributed by atoms with Gasteiger partial charge >= 0.3 is 0 Å². The number of hydrogen-bond donors (Lipinski definition) is 5. The third-order valence-electron chi connectivity index (χ3n) is 5.66. The van der Waals surface area contributed by atoms with Crippen molar-refractivity contribution < 1.29 is 30.0 Å². The van der Waals surface area contributed by atoms with Crippen LogP contribution in [-0.4, -0.2) is 99.1 Å². The van der Waals surface area contributed by atoms with E-state index in [4.69, 9.17) is 4.74 Å². The van der Waals surface area contributed by atoms with E-state index >= 15 is 0 Å². The number of thioether (sulfide) groups is 1. The number of ether oxygens (including phenoxy) is 1. The number of nitrogens with zero attached hydrogens (tertiary/aromatic N) is 1. The van der Waals surface area contributed by atoms with Crippen molar-refractivity contribution in [2.75, 3.05) is 19.8 Å². The number of rotatable bonds is 7. The fourth-order valence-electron chi connectivity index (χ4n) is 4.13. The van der Waals surface area contributed by atoms with E-state index in [1.54, 1.807) is 6.26 Å². The van der Waals surface area contributed by atoms with Crippen LogP contribution < -0.4 is 5.32 Å². The molecule has 0 saturated carbocycles. The Labute approximate surface area is 165 Å². The lowest BCUT2D eigenvalue weighted by Crippen LogP contribution is -2.65. The Morgan fingerprint density at radius 2 is 2.00 bits per heavy atom. The average Bonchev–Trinajstić information content (AvgIpc) is 2.99. The van der Waals surface area contributed by atoms with Gasteiger partial charge in [-0.05, 0) is 39.0 Å². The lowest BCUT2D eigenvalue weighted by molar-refractivity contribution is -0.211. The van der Waals surface area contributed by atoms with Crippen LogP contribution >= 0.6 is 11.8 Å². The fraction of sp³-hybridized carbons (Fsp3) is 0.944. The standard InChI is InChI=1S/C18H34N2O6S/c1-5-6-10-7-11(20(3)8-10)17(25)19-12(9(2)21)16-14(23)13(22)15(24)18(26-16)27-4/h9-16,18,21-24H,5-8H2,1-4H3,(H,19,25)/t9-,10-,11+,12-,13+,14-,15-,16-,18-/m1/s1/i3+2. The zero-order valence-electron chi connectivity index (χ0n) is 16.5. The Balaban J connectivity index is 2.09. The first-order valence-corrected chi connectivity index (χ1v) is 10.9. The summed E-state index contributed by atoms with van der Waals surface area (Å²) in [5.74, 6) is 0.245. The highest BCUT2D eigenvalue weighted by molar-refractivity contribution is 7.99. The zero-order valence-corrected chi connectivity index (χ0v) is 17.3. The van der Waals surface area contributed by atoms with Crippen LogP contribution in [-0.2, 0) is 9.53 Å². The summed E-state index contributed by atoms with van der Waals surface area (Å²) < 4.78 is 5.72. The third-order valence-corrected chi connectivity index (χ3v) is 6.51. The molecule has 2 saturated heterocycles. The molecule has 5 N–H and O–H groups in total. The van der Waals surface area contributed by atoms with Gasteiger partial charge in [0.2, 0.25) is 5.91 Å². The number of likely N-dealkylation sites (tertiary alicyclic amines) is 1. The maximum absolute atomic E-state index is 12.8. The molecule has 0 bridgehead atoms. The van der Waals surface area contributed by atoms with Crippen molar-refractivity contribution >= 4 is 17.7 Å². The Kier molecular flexibility index (Phi) is 8.35. The van der Waals surface area contributed by atoms with Gasteiger partial charge in [-0.2, -0.15) is 0 Å². The minimum atomic E-state index is -1.42. The molecule has 9 heteroatoms. The average molecular weight is 409 g/mol. The summed E-state index contributed by atoms with van der Waals surface area (Å²) in [6.07, 6.45) is -1.50.